The number of benzene rings is 1. The number of hydrogen-bond donors (Lipinski definition) is 0. The minimum Gasteiger partial charge on any atom is -0.291 e. The van der Waals surface area contributed by atoms with Crippen LogP contribution in [0.4, 0.5) is 0 Å². The second-order valence-electron chi connectivity index (χ2n) is 4.89. The Hall–Kier alpha value is -1.63. The summed E-state index contributed by atoms with van der Waals surface area (Å²) >= 11 is 7.39. The highest BCUT2D eigenvalue weighted by Crippen LogP contribution is 2.33. The Morgan fingerprint density at radius 1 is 1.30 bits per heavy atom. The maximum absolute atomic E-state index is 12.5. The summed E-state index contributed by atoms with van der Waals surface area (Å²) in [6.45, 7) is 0. The van der Waals surface area contributed by atoms with Gasteiger partial charge in [-0.2, -0.15) is 5.26 Å². The molecule has 0 bridgehead atoms. The van der Waals surface area contributed by atoms with Gasteiger partial charge in [-0.05, 0) is 48.6 Å². The van der Waals surface area contributed by atoms with Crippen molar-refractivity contribution in [3.05, 3.63) is 56.2 Å². The lowest BCUT2D eigenvalue weighted by Gasteiger charge is -2.07. The Kier molecular flexibility index (Phi) is 3.60. The van der Waals surface area contributed by atoms with Crippen LogP contribution in [0.25, 0.3) is 0 Å². The molecule has 2 aromatic rings. The molecule has 100 valence electrons. The molecule has 0 aliphatic heterocycles. The van der Waals surface area contributed by atoms with Crippen LogP contribution >= 0.6 is 22.9 Å². The molecule has 0 spiro atoms. The SMILES string of the molecule is N#CC(C(=O)c1cc2c(s1)CCC2)c1ccc(Cl)cc1. The average Bonchev–Trinajstić information content (AvgIpc) is 3.02. The van der Waals surface area contributed by atoms with Crippen molar-refractivity contribution < 1.29 is 4.79 Å². The van der Waals surface area contributed by atoms with Crippen molar-refractivity contribution in [3.8, 4) is 6.07 Å². The van der Waals surface area contributed by atoms with Gasteiger partial charge in [0.2, 0.25) is 0 Å². The summed E-state index contributed by atoms with van der Waals surface area (Å²) in [6, 6.07) is 11.0. The summed E-state index contributed by atoms with van der Waals surface area (Å²) in [5.41, 5.74) is 1.99. The topological polar surface area (TPSA) is 40.9 Å². The van der Waals surface area contributed by atoms with Crippen molar-refractivity contribution in [2.24, 2.45) is 0 Å². The van der Waals surface area contributed by atoms with Crippen LogP contribution in [0, 0.1) is 11.3 Å². The van der Waals surface area contributed by atoms with Crippen LogP contribution in [-0.4, -0.2) is 5.78 Å². The zero-order chi connectivity index (χ0) is 14.1. The molecule has 0 saturated heterocycles. The molecule has 20 heavy (non-hydrogen) atoms. The molecule has 0 radical (unpaired) electrons. The summed E-state index contributed by atoms with van der Waals surface area (Å²) in [6.07, 6.45) is 3.29. The largest absolute Gasteiger partial charge is 0.291 e. The number of rotatable bonds is 3. The summed E-state index contributed by atoms with van der Waals surface area (Å²) < 4.78 is 0. The van der Waals surface area contributed by atoms with Gasteiger partial charge in [-0.3, -0.25) is 4.79 Å². The van der Waals surface area contributed by atoms with E-state index in [4.69, 9.17) is 11.6 Å². The van der Waals surface area contributed by atoms with Crippen molar-refractivity contribution in [1.82, 2.24) is 0 Å². The second-order valence-corrected chi connectivity index (χ2v) is 6.46. The van der Waals surface area contributed by atoms with Crippen molar-refractivity contribution >= 4 is 28.7 Å². The van der Waals surface area contributed by atoms with E-state index >= 15 is 0 Å². The first-order chi connectivity index (χ1) is 9.69. The average molecular weight is 302 g/mol. The van der Waals surface area contributed by atoms with Crippen LogP contribution < -0.4 is 0 Å². The Morgan fingerprint density at radius 3 is 2.70 bits per heavy atom. The van der Waals surface area contributed by atoms with E-state index in [0.29, 0.717) is 15.5 Å². The van der Waals surface area contributed by atoms with Gasteiger partial charge in [0.15, 0.2) is 5.78 Å². The normalized spacial score (nSPS) is 14.6. The second kappa shape index (κ2) is 5.40. The van der Waals surface area contributed by atoms with Crippen molar-refractivity contribution in [2.45, 2.75) is 25.2 Å². The minimum absolute atomic E-state index is 0.103. The van der Waals surface area contributed by atoms with Gasteiger partial charge in [0, 0.05) is 9.90 Å². The molecule has 1 aliphatic rings. The molecule has 3 rings (SSSR count). The molecule has 1 aromatic carbocycles. The molecule has 0 amide bonds. The molecule has 2 nitrogen and oxygen atoms in total. The molecule has 1 atom stereocenters. The molecule has 1 aromatic heterocycles. The lowest BCUT2D eigenvalue weighted by atomic mass is 9.95. The van der Waals surface area contributed by atoms with E-state index in [0.717, 1.165) is 12.8 Å². The van der Waals surface area contributed by atoms with Crippen molar-refractivity contribution in [1.29, 1.82) is 5.26 Å². The smallest absolute Gasteiger partial charge is 0.194 e. The number of nitriles is 1. The Bertz CT molecular complexity index is 675. The maximum Gasteiger partial charge on any atom is 0.194 e. The van der Waals surface area contributed by atoms with Crippen LogP contribution in [0.2, 0.25) is 5.02 Å². The number of aryl methyl sites for hydroxylation is 2. The fourth-order valence-electron chi connectivity index (χ4n) is 2.53. The molecular formula is C16H12ClNOS. The molecule has 0 saturated carbocycles. The predicted molar refractivity (Wildman–Crippen MR) is 80.5 cm³/mol. The highest BCUT2D eigenvalue weighted by atomic mass is 35.5. The summed E-state index contributed by atoms with van der Waals surface area (Å²) in [5.74, 6) is -0.847. The molecule has 1 unspecified atom stereocenters. The van der Waals surface area contributed by atoms with Crippen molar-refractivity contribution in [3.63, 3.8) is 0 Å². The maximum atomic E-state index is 12.5. The first-order valence-corrected chi connectivity index (χ1v) is 7.69. The van der Waals surface area contributed by atoms with E-state index in [1.54, 1.807) is 35.6 Å². The third-order valence-corrected chi connectivity index (χ3v) is 5.09. The van der Waals surface area contributed by atoms with Gasteiger partial charge in [0.25, 0.3) is 0 Å². The van der Waals surface area contributed by atoms with Gasteiger partial charge in [-0.25, -0.2) is 0 Å². The van der Waals surface area contributed by atoms with Crippen LogP contribution in [0.5, 0.6) is 0 Å². The third-order valence-electron chi connectivity index (χ3n) is 3.58. The fraction of sp³-hybridized carbons (Fsp3) is 0.250. The Balaban J connectivity index is 1.90. The minimum atomic E-state index is -0.744. The number of ketones is 1. The monoisotopic (exact) mass is 301 g/mol. The Labute approximate surface area is 126 Å². The van der Waals surface area contributed by atoms with Gasteiger partial charge >= 0.3 is 0 Å². The summed E-state index contributed by atoms with van der Waals surface area (Å²) in [7, 11) is 0. The van der Waals surface area contributed by atoms with Crippen LogP contribution in [0.3, 0.4) is 0 Å². The van der Waals surface area contributed by atoms with E-state index in [1.807, 2.05) is 6.07 Å². The molecule has 0 N–H and O–H groups in total. The molecule has 4 heteroatoms. The number of Topliss-reactive ketones (excluding diaryl/α,β-unsaturated/α-hetero) is 1. The van der Waals surface area contributed by atoms with Crippen LogP contribution in [0.1, 0.15) is 38.0 Å². The van der Waals surface area contributed by atoms with E-state index < -0.39 is 5.92 Å². The fourth-order valence-corrected chi connectivity index (χ4v) is 3.88. The van der Waals surface area contributed by atoms with Gasteiger partial charge in [0.1, 0.15) is 5.92 Å². The zero-order valence-electron chi connectivity index (χ0n) is 10.7. The van der Waals surface area contributed by atoms with E-state index in [1.165, 1.54) is 16.9 Å². The van der Waals surface area contributed by atoms with E-state index in [-0.39, 0.29) is 5.78 Å². The van der Waals surface area contributed by atoms with E-state index in [2.05, 4.69) is 6.07 Å². The van der Waals surface area contributed by atoms with Gasteiger partial charge in [-0.15, -0.1) is 11.3 Å². The quantitative estimate of drug-likeness (QED) is 0.789. The number of carbonyl (C=O) groups excluding carboxylic acids is 1. The highest BCUT2D eigenvalue weighted by Gasteiger charge is 2.25. The first-order valence-electron chi connectivity index (χ1n) is 6.50. The van der Waals surface area contributed by atoms with Crippen LogP contribution in [0.15, 0.2) is 30.3 Å². The number of halogens is 1. The van der Waals surface area contributed by atoms with Crippen LogP contribution in [-0.2, 0) is 12.8 Å². The van der Waals surface area contributed by atoms with Gasteiger partial charge < -0.3 is 0 Å². The number of thiophene rings is 1. The molecule has 1 aliphatic carbocycles. The van der Waals surface area contributed by atoms with Gasteiger partial charge in [0.05, 0.1) is 10.9 Å². The van der Waals surface area contributed by atoms with Gasteiger partial charge in [-0.1, -0.05) is 23.7 Å². The lowest BCUT2D eigenvalue weighted by molar-refractivity contribution is 0.0982. The van der Waals surface area contributed by atoms with E-state index in [9.17, 15) is 10.1 Å². The van der Waals surface area contributed by atoms with Crippen molar-refractivity contribution in [2.75, 3.05) is 0 Å². The molecular weight excluding hydrogens is 290 g/mol. The number of carbonyl (C=O) groups is 1. The highest BCUT2D eigenvalue weighted by molar-refractivity contribution is 7.14. The standard InChI is InChI=1S/C16H12ClNOS/c17-12-6-4-10(5-7-12)13(9-18)16(19)15-8-11-2-1-3-14(11)20-15/h4-8,13H,1-3H2. The lowest BCUT2D eigenvalue weighted by Crippen LogP contribution is -2.09. The summed E-state index contributed by atoms with van der Waals surface area (Å²) in [4.78, 5) is 14.5. The summed E-state index contributed by atoms with van der Waals surface area (Å²) in [5, 5.41) is 9.93. The number of nitrogens with zero attached hydrogens (tertiary/aromatic N) is 1. The predicted octanol–water partition coefficient (Wildman–Crippen LogP) is 4.38. The Morgan fingerprint density at radius 2 is 2.05 bits per heavy atom. The number of fused-ring (bicyclic) bond motifs is 1. The third kappa shape index (κ3) is 2.37. The molecule has 0 fully saturated rings. The zero-order valence-corrected chi connectivity index (χ0v) is 12.3. The molecule has 1 heterocycles. The first kappa shape index (κ1) is 13.4. The number of hydrogen-bond acceptors (Lipinski definition) is 3.